The minimum atomic E-state index is 0.0131. The maximum absolute atomic E-state index is 6.45. The number of nitrogens with zero attached hydrogens (tertiary/aromatic N) is 2. The van der Waals surface area contributed by atoms with Gasteiger partial charge in [0.05, 0.1) is 42.2 Å². The van der Waals surface area contributed by atoms with Crippen LogP contribution < -0.4 is 16.9 Å². The van der Waals surface area contributed by atoms with Crippen LogP contribution in [-0.2, 0) is 10.2 Å². The fourth-order valence-electron chi connectivity index (χ4n) is 3.18. The number of aromatic nitrogens is 1. The highest BCUT2D eigenvalue weighted by atomic mass is 16.5. The standard InChI is InChI=1S/C16H29N5O/c1-4-16(5-2,6-3)15-13(18)14(12(17)11-19-15)20-21-7-9-22-10-8-21/h11H,4-10,17-18H2,1-3H3,(H,19,20). The average Bonchev–Trinajstić information content (AvgIpc) is 2.56. The van der Waals surface area contributed by atoms with E-state index in [9.17, 15) is 0 Å². The normalized spacial score (nSPS) is 16.7. The van der Waals surface area contributed by atoms with Crippen molar-refractivity contribution in [2.45, 2.75) is 45.4 Å². The molecule has 1 aliphatic heterocycles. The van der Waals surface area contributed by atoms with Crippen molar-refractivity contribution in [3.8, 4) is 0 Å². The fraction of sp³-hybridized carbons (Fsp3) is 0.688. The number of pyridine rings is 1. The van der Waals surface area contributed by atoms with Crippen LogP contribution in [0.5, 0.6) is 0 Å². The van der Waals surface area contributed by atoms with Gasteiger partial charge in [-0.2, -0.15) is 0 Å². The van der Waals surface area contributed by atoms with Crippen LogP contribution in [0.15, 0.2) is 6.20 Å². The highest BCUT2D eigenvalue weighted by Crippen LogP contribution is 2.41. The van der Waals surface area contributed by atoms with Gasteiger partial charge in [0.25, 0.3) is 0 Å². The lowest BCUT2D eigenvalue weighted by atomic mass is 9.76. The first-order chi connectivity index (χ1) is 10.6. The Morgan fingerprint density at radius 3 is 2.32 bits per heavy atom. The molecule has 1 aliphatic rings. The summed E-state index contributed by atoms with van der Waals surface area (Å²) < 4.78 is 5.37. The SMILES string of the molecule is CCC(CC)(CC)c1ncc(N)c(NN2CCOCC2)c1N. The zero-order valence-corrected chi connectivity index (χ0v) is 14.0. The van der Waals surface area contributed by atoms with Gasteiger partial charge in [0.1, 0.15) is 0 Å². The molecule has 0 atom stereocenters. The minimum Gasteiger partial charge on any atom is -0.396 e. The van der Waals surface area contributed by atoms with Gasteiger partial charge in [-0.1, -0.05) is 20.8 Å². The van der Waals surface area contributed by atoms with E-state index in [4.69, 9.17) is 16.2 Å². The topological polar surface area (TPSA) is 89.4 Å². The summed E-state index contributed by atoms with van der Waals surface area (Å²) in [5, 5.41) is 2.10. The zero-order valence-electron chi connectivity index (χ0n) is 14.0. The summed E-state index contributed by atoms with van der Waals surface area (Å²) in [4.78, 5) is 4.58. The summed E-state index contributed by atoms with van der Waals surface area (Å²) in [6, 6.07) is 0. The smallest absolute Gasteiger partial charge is 0.0988 e. The van der Waals surface area contributed by atoms with Gasteiger partial charge < -0.3 is 21.6 Å². The molecule has 6 heteroatoms. The van der Waals surface area contributed by atoms with Crippen molar-refractivity contribution in [1.82, 2.24) is 9.99 Å². The van der Waals surface area contributed by atoms with Gasteiger partial charge in [0.2, 0.25) is 0 Å². The lowest BCUT2D eigenvalue weighted by molar-refractivity contribution is 0.0497. The van der Waals surface area contributed by atoms with Crippen molar-refractivity contribution < 1.29 is 4.74 Å². The lowest BCUT2D eigenvalue weighted by Crippen LogP contribution is -2.40. The van der Waals surface area contributed by atoms with Crippen LogP contribution in [0.4, 0.5) is 17.1 Å². The molecule has 6 nitrogen and oxygen atoms in total. The summed E-state index contributed by atoms with van der Waals surface area (Å²) >= 11 is 0. The molecule has 22 heavy (non-hydrogen) atoms. The lowest BCUT2D eigenvalue weighted by Gasteiger charge is -2.33. The molecular formula is C16H29N5O. The highest BCUT2D eigenvalue weighted by Gasteiger charge is 2.31. The Bertz CT molecular complexity index is 487. The molecule has 1 aromatic rings. The Morgan fingerprint density at radius 2 is 1.77 bits per heavy atom. The summed E-state index contributed by atoms with van der Waals surface area (Å²) in [7, 11) is 0. The second kappa shape index (κ2) is 7.15. The molecule has 0 saturated carbocycles. The molecule has 2 rings (SSSR count). The van der Waals surface area contributed by atoms with Gasteiger partial charge in [0, 0.05) is 18.5 Å². The van der Waals surface area contributed by atoms with Crippen LogP contribution in [0.3, 0.4) is 0 Å². The van der Waals surface area contributed by atoms with Gasteiger partial charge in [-0.15, -0.1) is 0 Å². The van der Waals surface area contributed by atoms with E-state index in [1.807, 2.05) is 0 Å². The molecule has 0 aliphatic carbocycles. The van der Waals surface area contributed by atoms with E-state index < -0.39 is 0 Å². The molecule has 0 unspecified atom stereocenters. The van der Waals surface area contributed by atoms with E-state index in [0.717, 1.165) is 43.7 Å². The molecule has 0 amide bonds. The Kier molecular flexibility index (Phi) is 5.47. The fourth-order valence-corrected chi connectivity index (χ4v) is 3.18. The summed E-state index contributed by atoms with van der Waals surface area (Å²) in [5.74, 6) is 0. The van der Waals surface area contributed by atoms with Crippen molar-refractivity contribution in [2.24, 2.45) is 0 Å². The van der Waals surface area contributed by atoms with Crippen LogP contribution in [0.2, 0.25) is 0 Å². The van der Waals surface area contributed by atoms with Crippen LogP contribution in [0, 0.1) is 0 Å². The van der Waals surface area contributed by atoms with Crippen LogP contribution >= 0.6 is 0 Å². The predicted octanol–water partition coefficient (Wildman–Crippen LogP) is 2.37. The van der Waals surface area contributed by atoms with Crippen LogP contribution in [-0.4, -0.2) is 36.3 Å². The Morgan fingerprint density at radius 1 is 1.18 bits per heavy atom. The molecule has 0 spiro atoms. The summed E-state index contributed by atoms with van der Waals surface area (Å²) in [6.45, 7) is 9.65. The Hall–Kier alpha value is -1.53. The van der Waals surface area contributed by atoms with Gasteiger partial charge in [-0.05, 0) is 19.3 Å². The van der Waals surface area contributed by atoms with Crippen LogP contribution in [0.1, 0.15) is 45.7 Å². The molecule has 1 saturated heterocycles. The van der Waals surface area contributed by atoms with E-state index in [2.05, 4.69) is 36.2 Å². The first-order valence-electron chi connectivity index (χ1n) is 8.21. The Labute approximate surface area is 133 Å². The number of hydrogen-bond acceptors (Lipinski definition) is 6. The average molecular weight is 307 g/mol. The van der Waals surface area contributed by atoms with Gasteiger partial charge in [-0.25, -0.2) is 5.01 Å². The Balaban J connectivity index is 2.36. The molecule has 2 heterocycles. The first kappa shape index (κ1) is 16.8. The van der Waals surface area contributed by atoms with Crippen molar-refractivity contribution in [2.75, 3.05) is 43.2 Å². The number of ether oxygens (including phenoxy) is 1. The molecular weight excluding hydrogens is 278 g/mol. The number of hydrazine groups is 1. The molecule has 0 radical (unpaired) electrons. The quantitative estimate of drug-likeness (QED) is 0.747. The maximum Gasteiger partial charge on any atom is 0.0988 e. The molecule has 124 valence electrons. The van der Waals surface area contributed by atoms with Crippen molar-refractivity contribution in [3.63, 3.8) is 0 Å². The number of nitrogens with one attached hydrogen (secondary N) is 1. The molecule has 0 aromatic carbocycles. The monoisotopic (exact) mass is 307 g/mol. The van der Waals surface area contributed by atoms with Gasteiger partial charge in [0.15, 0.2) is 0 Å². The van der Waals surface area contributed by atoms with E-state index >= 15 is 0 Å². The number of nitrogen functional groups attached to an aromatic ring is 2. The summed E-state index contributed by atoms with van der Waals surface area (Å²) in [6.07, 6.45) is 4.76. The van der Waals surface area contributed by atoms with Crippen LogP contribution in [0.25, 0.3) is 0 Å². The number of morpholine rings is 1. The second-order valence-corrected chi connectivity index (χ2v) is 5.90. The van der Waals surface area contributed by atoms with E-state index in [1.165, 1.54) is 0 Å². The number of nitrogens with two attached hydrogens (primary N) is 2. The third-order valence-corrected chi connectivity index (χ3v) is 4.96. The van der Waals surface area contributed by atoms with Crippen molar-refractivity contribution in [3.05, 3.63) is 11.9 Å². The highest BCUT2D eigenvalue weighted by molar-refractivity contribution is 5.80. The third kappa shape index (κ3) is 3.13. The number of rotatable bonds is 6. The second-order valence-electron chi connectivity index (χ2n) is 5.90. The number of hydrogen-bond donors (Lipinski definition) is 3. The van der Waals surface area contributed by atoms with E-state index in [1.54, 1.807) is 6.20 Å². The largest absolute Gasteiger partial charge is 0.396 e. The predicted molar refractivity (Wildman–Crippen MR) is 91.6 cm³/mol. The summed E-state index contributed by atoms with van der Waals surface area (Å²) in [5.41, 5.74) is 19.0. The van der Waals surface area contributed by atoms with Crippen molar-refractivity contribution >= 4 is 17.1 Å². The maximum atomic E-state index is 6.45. The number of anilines is 3. The molecule has 1 aromatic heterocycles. The van der Waals surface area contributed by atoms with E-state index in [0.29, 0.717) is 24.6 Å². The molecule has 1 fully saturated rings. The van der Waals surface area contributed by atoms with Gasteiger partial charge >= 0.3 is 0 Å². The molecule has 0 bridgehead atoms. The molecule has 5 N–H and O–H groups in total. The van der Waals surface area contributed by atoms with Gasteiger partial charge in [-0.3, -0.25) is 4.98 Å². The van der Waals surface area contributed by atoms with Crippen molar-refractivity contribution in [1.29, 1.82) is 0 Å². The minimum absolute atomic E-state index is 0.0131. The first-order valence-corrected chi connectivity index (χ1v) is 8.21. The van der Waals surface area contributed by atoms with E-state index in [-0.39, 0.29) is 5.41 Å². The zero-order chi connectivity index (χ0) is 16.2. The third-order valence-electron chi connectivity index (χ3n) is 4.96.